The average Bonchev–Trinajstić information content (AvgIpc) is 3.00. The Labute approximate surface area is 137 Å². The monoisotopic (exact) mass is 346 g/mol. The minimum atomic E-state index is -4.75. The normalized spacial score (nSPS) is 12.0. The Morgan fingerprint density at radius 2 is 1.76 bits per heavy atom. The van der Waals surface area contributed by atoms with Gasteiger partial charge < -0.3 is 9.72 Å². The summed E-state index contributed by atoms with van der Waals surface area (Å²) in [4.78, 5) is 19.1. The number of nitrogens with one attached hydrogen (secondary N) is 1. The molecule has 0 amide bonds. The van der Waals surface area contributed by atoms with Crippen molar-refractivity contribution in [3.63, 3.8) is 0 Å². The molecule has 0 radical (unpaired) electrons. The second kappa shape index (κ2) is 5.33. The number of benzene rings is 2. The van der Waals surface area contributed by atoms with Crippen LogP contribution in [0.25, 0.3) is 27.9 Å². The van der Waals surface area contributed by atoms with Gasteiger partial charge in [-0.05, 0) is 36.4 Å². The van der Waals surface area contributed by atoms with Gasteiger partial charge in [-0.15, -0.1) is 18.3 Å². The molecule has 0 saturated heterocycles. The molecular weight excluding hydrogens is 337 g/mol. The first-order chi connectivity index (χ1) is 11.9. The van der Waals surface area contributed by atoms with Gasteiger partial charge in [-0.1, -0.05) is 12.1 Å². The molecule has 0 unspecified atom stereocenters. The first kappa shape index (κ1) is 15.2. The van der Waals surface area contributed by atoms with Crippen LogP contribution >= 0.6 is 0 Å². The first-order valence-corrected chi connectivity index (χ1v) is 7.15. The van der Waals surface area contributed by atoms with Crippen molar-refractivity contribution < 1.29 is 17.9 Å². The number of para-hydroxylation sites is 1. The van der Waals surface area contributed by atoms with Gasteiger partial charge in [0.15, 0.2) is 11.5 Å². The third-order valence-electron chi connectivity index (χ3n) is 3.56. The molecule has 0 aliphatic heterocycles. The van der Waals surface area contributed by atoms with E-state index in [0.29, 0.717) is 22.1 Å². The molecule has 0 aliphatic rings. The number of halogens is 3. The number of hydrogen-bond donors (Lipinski definition) is 1. The van der Waals surface area contributed by atoms with Gasteiger partial charge in [0.1, 0.15) is 5.75 Å². The molecule has 4 aromatic rings. The van der Waals surface area contributed by atoms with E-state index in [0.717, 1.165) is 16.6 Å². The molecule has 6 nitrogen and oxygen atoms in total. The van der Waals surface area contributed by atoms with Gasteiger partial charge in [-0.3, -0.25) is 0 Å². The molecule has 0 atom stereocenters. The van der Waals surface area contributed by atoms with E-state index in [-0.39, 0.29) is 11.6 Å². The van der Waals surface area contributed by atoms with Crippen molar-refractivity contribution in [3.8, 4) is 17.1 Å². The predicted octanol–water partition coefficient (Wildman–Crippen LogP) is 3.14. The van der Waals surface area contributed by atoms with Gasteiger partial charge in [-0.2, -0.15) is 4.52 Å². The molecule has 0 fully saturated rings. The highest BCUT2D eigenvalue weighted by Gasteiger charge is 2.31. The van der Waals surface area contributed by atoms with Crippen LogP contribution in [0.2, 0.25) is 0 Å². The van der Waals surface area contributed by atoms with Crippen molar-refractivity contribution in [3.05, 3.63) is 59.0 Å². The summed E-state index contributed by atoms with van der Waals surface area (Å²) in [7, 11) is 0. The highest BCUT2D eigenvalue weighted by atomic mass is 19.4. The highest BCUT2D eigenvalue weighted by molar-refractivity contribution is 5.91. The molecular formula is C16H9F3N4O2. The Balaban J connectivity index is 1.81. The fourth-order valence-corrected chi connectivity index (χ4v) is 2.51. The zero-order valence-electron chi connectivity index (χ0n) is 12.4. The summed E-state index contributed by atoms with van der Waals surface area (Å²) in [6, 6.07) is 12.2. The summed E-state index contributed by atoms with van der Waals surface area (Å²) < 4.78 is 41.6. The van der Waals surface area contributed by atoms with Crippen LogP contribution in [0.1, 0.15) is 0 Å². The number of rotatable bonds is 2. The fourth-order valence-electron chi connectivity index (χ4n) is 2.51. The Hall–Kier alpha value is -3.36. The number of nitrogens with zero attached hydrogens (tertiary/aromatic N) is 3. The van der Waals surface area contributed by atoms with Crippen molar-refractivity contribution in [2.45, 2.75) is 6.36 Å². The smallest absolute Gasteiger partial charge is 0.406 e. The van der Waals surface area contributed by atoms with Crippen molar-refractivity contribution in [1.29, 1.82) is 0 Å². The number of aromatic amines is 1. The molecule has 25 heavy (non-hydrogen) atoms. The molecule has 2 heterocycles. The van der Waals surface area contributed by atoms with Crippen LogP contribution in [0.4, 0.5) is 13.2 Å². The lowest BCUT2D eigenvalue weighted by atomic mass is 10.2. The minimum Gasteiger partial charge on any atom is -0.406 e. The Bertz CT molecular complexity index is 1130. The number of H-pyrrole nitrogens is 1. The Kier molecular flexibility index (Phi) is 3.24. The summed E-state index contributed by atoms with van der Waals surface area (Å²) >= 11 is 0. The van der Waals surface area contributed by atoms with E-state index in [2.05, 4.69) is 19.8 Å². The van der Waals surface area contributed by atoms with Crippen LogP contribution in [0.5, 0.6) is 5.75 Å². The number of fused-ring (bicyclic) bond motifs is 3. The van der Waals surface area contributed by atoms with Crippen LogP contribution in [0, 0.1) is 0 Å². The van der Waals surface area contributed by atoms with Gasteiger partial charge in [0.25, 0.3) is 0 Å². The van der Waals surface area contributed by atoms with Crippen LogP contribution in [0.15, 0.2) is 53.3 Å². The van der Waals surface area contributed by atoms with Crippen LogP contribution in [-0.2, 0) is 0 Å². The number of ether oxygens (including phenoxy) is 1. The quantitative estimate of drug-likeness (QED) is 0.605. The van der Waals surface area contributed by atoms with E-state index in [1.807, 2.05) is 0 Å². The van der Waals surface area contributed by atoms with E-state index in [4.69, 9.17) is 0 Å². The molecule has 0 spiro atoms. The summed E-state index contributed by atoms with van der Waals surface area (Å²) in [5.74, 6) is -0.122. The standard InChI is InChI=1S/C16H9F3N4O2/c17-16(18,19)25-10-7-5-9(6-8-10)13-21-14-11-3-1-2-4-12(11)20-15(24)23(14)22-13/h1-8H,(H,20,24). The van der Waals surface area contributed by atoms with E-state index in [1.165, 1.54) is 12.1 Å². The fraction of sp³-hybridized carbons (Fsp3) is 0.0625. The molecule has 2 aromatic heterocycles. The lowest BCUT2D eigenvalue weighted by molar-refractivity contribution is -0.274. The molecule has 0 bridgehead atoms. The molecule has 9 heteroatoms. The van der Waals surface area contributed by atoms with Crippen LogP contribution < -0.4 is 10.4 Å². The maximum atomic E-state index is 12.2. The van der Waals surface area contributed by atoms with Crippen molar-refractivity contribution >= 4 is 16.6 Å². The van der Waals surface area contributed by atoms with Crippen molar-refractivity contribution in [2.75, 3.05) is 0 Å². The lowest BCUT2D eigenvalue weighted by Gasteiger charge is -2.08. The number of aromatic nitrogens is 4. The number of hydrogen-bond acceptors (Lipinski definition) is 4. The van der Waals surface area contributed by atoms with E-state index >= 15 is 0 Å². The lowest BCUT2D eigenvalue weighted by Crippen LogP contribution is -2.17. The molecule has 2 aromatic carbocycles. The average molecular weight is 346 g/mol. The zero-order chi connectivity index (χ0) is 17.6. The second-order valence-corrected chi connectivity index (χ2v) is 5.22. The van der Waals surface area contributed by atoms with E-state index in [9.17, 15) is 18.0 Å². The molecule has 0 saturated carbocycles. The van der Waals surface area contributed by atoms with Crippen molar-refractivity contribution in [1.82, 2.24) is 19.6 Å². The topological polar surface area (TPSA) is 72.3 Å². The largest absolute Gasteiger partial charge is 0.573 e. The van der Waals surface area contributed by atoms with Gasteiger partial charge >= 0.3 is 12.1 Å². The van der Waals surface area contributed by atoms with E-state index in [1.54, 1.807) is 24.3 Å². The predicted molar refractivity (Wildman–Crippen MR) is 83.2 cm³/mol. The summed E-state index contributed by atoms with van der Waals surface area (Å²) in [6.07, 6.45) is -4.75. The van der Waals surface area contributed by atoms with Crippen molar-refractivity contribution in [2.24, 2.45) is 0 Å². The van der Waals surface area contributed by atoms with Gasteiger partial charge in [0.05, 0.1) is 5.52 Å². The second-order valence-electron chi connectivity index (χ2n) is 5.22. The van der Waals surface area contributed by atoms with Crippen LogP contribution in [-0.4, -0.2) is 25.9 Å². The molecule has 0 aliphatic carbocycles. The van der Waals surface area contributed by atoms with E-state index < -0.39 is 12.1 Å². The first-order valence-electron chi connectivity index (χ1n) is 7.15. The van der Waals surface area contributed by atoms with Gasteiger partial charge in [0, 0.05) is 10.9 Å². The third-order valence-corrected chi connectivity index (χ3v) is 3.56. The summed E-state index contributed by atoms with van der Waals surface area (Å²) in [5, 5.41) is 4.84. The number of alkyl halides is 3. The maximum Gasteiger partial charge on any atom is 0.573 e. The minimum absolute atomic E-state index is 0.223. The highest BCUT2D eigenvalue weighted by Crippen LogP contribution is 2.26. The molecule has 1 N–H and O–H groups in total. The molecule has 126 valence electrons. The summed E-state index contributed by atoms with van der Waals surface area (Å²) in [5.41, 5.74) is 0.990. The molecule has 4 rings (SSSR count). The SMILES string of the molecule is O=c1[nH]c2ccccc2c2nc(-c3ccc(OC(F)(F)F)cc3)nn12. The Morgan fingerprint density at radius 1 is 1.04 bits per heavy atom. The Morgan fingerprint density at radius 3 is 2.48 bits per heavy atom. The maximum absolute atomic E-state index is 12.2. The van der Waals surface area contributed by atoms with Crippen LogP contribution in [0.3, 0.4) is 0 Å². The summed E-state index contributed by atoms with van der Waals surface area (Å²) in [6.45, 7) is 0. The third kappa shape index (κ3) is 2.80. The zero-order valence-corrected chi connectivity index (χ0v) is 12.4. The van der Waals surface area contributed by atoms with Gasteiger partial charge in [-0.25, -0.2) is 9.78 Å². The van der Waals surface area contributed by atoms with Gasteiger partial charge in [0.2, 0.25) is 0 Å².